The maximum atomic E-state index is 12.3. The predicted molar refractivity (Wildman–Crippen MR) is 94.6 cm³/mol. The van der Waals surface area contributed by atoms with Crippen molar-refractivity contribution in [1.29, 1.82) is 0 Å². The standard InChI is InChI=1S/C18H22N2O.ClH/c1-3-19-13-15-8-7-11-17(12-15)20-18(21)14(2)16-9-5-4-6-10-16;/h4-12,14,19H,3,13H2,1-2H3,(H,20,21);1H. The third kappa shape index (κ3) is 5.17. The van der Waals surface area contributed by atoms with Gasteiger partial charge >= 0.3 is 0 Å². The highest BCUT2D eigenvalue weighted by atomic mass is 35.5. The summed E-state index contributed by atoms with van der Waals surface area (Å²) < 4.78 is 0. The zero-order valence-electron chi connectivity index (χ0n) is 13.0. The predicted octanol–water partition coefficient (Wildman–Crippen LogP) is 3.96. The molecule has 2 aromatic carbocycles. The largest absolute Gasteiger partial charge is 0.326 e. The summed E-state index contributed by atoms with van der Waals surface area (Å²) in [6.45, 7) is 5.75. The summed E-state index contributed by atoms with van der Waals surface area (Å²) in [5, 5.41) is 6.27. The molecule has 22 heavy (non-hydrogen) atoms. The number of carbonyl (C=O) groups excluding carboxylic acids is 1. The Labute approximate surface area is 138 Å². The molecule has 0 aromatic heterocycles. The van der Waals surface area contributed by atoms with Crippen LogP contribution >= 0.6 is 12.4 Å². The van der Waals surface area contributed by atoms with Crippen molar-refractivity contribution in [3.05, 3.63) is 65.7 Å². The molecule has 0 saturated heterocycles. The second-order valence-corrected chi connectivity index (χ2v) is 5.10. The van der Waals surface area contributed by atoms with Crippen LogP contribution in [0.2, 0.25) is 0 Å². The fourth-order valence-corrected chi connectivity index (χ4v) is 2.17. The van der Waals surface area contributed by atoms with Crippen molar-refractivity contribution in [2.75, 3.05) is 11.9 Å². The van der Waals surface area contributed by atoms with Crippen LogP contribution in [0, 0.1) is 0 Å². The lowest BCUT2D eigenvalue weighted by Crippen LogP contribution is -2.19. The first kappa shape index (κ1) is 18.2. The maximum Gasteiger partial charge on any atom is 0.231 e. The van der Waals surface area contributed by atoms with Crippen molar-refractivity contribution in [3.8, 4) is 0 Å². The minimum atomic E-state index is -0.163. The van der Waals surface area contributed by atoms with Crippen LogP contribution in [0.5, 0.6) is 0 Å². The quantitative estimate of drug-likeness (QED) is 0.846. The lowest BCUT2D eigenvalue weighted by molar-refractivity contribution is -0.117. The summed E-state index contributed by atoms with van der Waals surface area (Å²) in [5.74, 6) is -0.148. The Morgan fingerprint density at radius 2 is 1.82 bits per heavy atom. The number of nitrogens with one attached hydrogen (secondary N) is 2. The van der Waals surface area contributed by atoms with Crippen LogP contribution in [0.3, 0.4) is 0 Å². The van der Waals surface area contributed by atoms with Gasteiger partial charge in [0.2, 0.25) is 5.91 Å². The van der Waals surface area contributed by atoms with Gasteiger partial charge in [-0.1, -0.05) is 49.4 Å². The first-order valence-electron chi connectivity index (χ1n) is 7.36. The summed E-state index contributed by atoms with van der Waals surface area (Å²) in [4.78, 5) is 12.3. The summed E-state index contributed by atoms with van der Waals surface area (Å²) in [6, 6.07) is 17.8. The van der Waals surface area contributed by atoms with Crippen LogP contribution in [0.25, 0.3) is 0 Å². The number of carbonyl (C=O) groups is 1. The van der Waals surface area contributed by atoms with E-state index in [1.54, 1.807) is 0 Å². The van der Waals surface area contributed by atoms with Crippen LogP contribution in [-0.4, -0.2) is 12.5 Å². The second kappa shape index (κ2) is 9.23. The highest BCUT2D eigenvalue weighted by Gasteiger charge is 2.14. The average Bonchev–Trinajstić information content (AvgIpc) is 2.53. The van der Waals surface area contributed by atoms with Crippen molar-refractivity contribution in [3.63, 3.8) is 0 Å². The summed E-state index contributed by atoms with van der Waals surface area (Å²) in [7, 11) is 0. The number of anilines is 1. The van der Waals surface area contributed by atoms with E-state index in [4.69, 9.17) is 0 Å². The fraction of sp³-hybridized carbons (Fsp3) is 0.278. The molecule has 0 aliphatic carbocycles. The number of hydrogen-bond acceptors (Lipinski definition) is 2. The molecule has 1 amide bonds. The molecular weight excluding hydrogens is 296 g/mol. The van der Waals surface area contributed by atoms with E-state index in [1.165, 1.54) is 5.56 Å². The first-order chi connectivity index (χ1) is 10.2. The van der Waals surface area contributed by atoms with Crippen molar-refractivity contribution >= 4 is 24.0 Å². The lowest BCUT2D eigenvalue weighted by atomic mass is 10.0. The van der Waals surface area contributed by atoms with E-state index in [0.29, 0.717) is 0 Å². The average molecular weight is 319 g/mol. The van der Waals surface area contributed by atoms with E-state index in [2.05, 4.69) is 23.6 Å². The second-order valence-electron chi connectivity index (χ2n) is 5.10. The highest BCUT2D eigenvalue weighted by molar-refractivity contribution is 5.95. The Morgan fingerprint density at radius 3 is 2.50 bits per heavy atom. The van der Waals surface area contributed by atoms with Crippen molar-refractivity contribution in [2.45, 2.75) is 26.3 Å². The van der Waals surface area contributed by atoms with E-state index >= 15 is 0 Å². The van der Waals surface area contributed by atoms with Crippen LogP contribution < -0.4 is 10.6 Å². The molecule has 0 spiro atoms. The van der Waals surface area contributed by atoms with Gasteiger partial charge in [-0.3, -0.25) is 4.79 Å². The Balaban J connectivity index is 0.00000242. The van der Waals surface area contributed by atoms with Gasteiger partial charge in [0.15, 0.2) is 0 Å². The Kier molecular flexibility index (Phi) is 7.64. The molecule has 1 atom stereocenters. The number of halogens is 1. The van der Waals surface area contributed by atoms with E-state index in [0.717, 1.165) is 24.3 Å². The molecule has 118 valence electrons. The van der Waals surface area contributed by atoms with Gasteiger partial charge in [-0.2, -0.15) is 0 Å². The molecule has 0 fully saturated rings. The van der Waals surface area contributed by atoms with Crippen molar-refractivity contribution in [1.82, 2.24) is 5.32 Å². The molecule has 0 heterocycles. The molecule has 0 bridgehead atoms. The monoisotopic (exact) mass is 318 g/mol. The molecule has 2 aromatic rings. The lowest BCUT2D eigenvalue weighted by Gasteiger charge is -2.13. The third-order valence-electron chi connectivity index (χ3n) is 3.47. The van der Waals surface area contributed by atoms with Crippen LogP contribution in [0.1, 0.15) is 30.9 Å². The van der Waals surface area contributed by atoms with Crippen molar-refractivity contribution in [2.24, 2.45) is 0 Å². The smallest absolute Gasteiger partial charge is 0.231 e. The molecule has 0 radical (unpaired) electrons. The maximum absolute atomic E-state index is 12.3. The normalized spacial score (nSPS) is 11.4. The van der Waals surface area contributed by atoms with Gasteiger partial charge in [0.25, 0.3) is 0 Å². The first-order valence-corrected chi connectivity index (χ1v) is 7.36. The Bertz CT molecular complexity index is 587. The zero-order chi connectivity index (χ0) is 15.1. The molecular formula is C18H23ClN2O. The van der Waals surface area contributed by atoms with Gasteiger partial charge in [-0.15, -0.1) is 12.4 Å². The number of rotatable bonds is 6. The molecule has 4 heteroatoms. The molecule has 3 nitrogen and oxygen atoms in total. The van der Waals surface area contributed by atoms with E-state index in [-0.39, 0.29) is 24.2 Å². The number of amides is 1. The molecule has 2 N–H and O–H groups in total. The van der Waals surface area contributed by atoms with Crippen LogP contribution in [0.15, 0.2) is 54.6 Å². The van der Waals surface area contributed by atoms with E-state index < -0.39 is 0 Å². The van der Waals surface area contributed by atoms with Gasteiger partial charge in [0.05, 0.1) is 5.92 Å². The number of hydrogen-bond donors (Lipinski definition) is 2. The minimum Gasteiger partial charge on any atom is -0.326 e. The Hall–Kier alpha value is -1.84. The summed E-state index contributed by atoms with van der Waals surface area (Å²) in [6.07, 6.45) is 0. The van der Waals surface area contributed by atoms with Gasteiger partial charge in [-0.25, -0.2) is 0 Å². The fourth-order valence-electron chi connectivity index (χ4n) is 2.17. The summed E-state index contributed by atoms with van der Waals surface area (Å²) >= 11 is 0. The molecule has 0 aliphatic rings. The van der Waals surface area contributed by atoms with E-state index in [1.807, 2.05) is 55.5 Å². The van der Waals surface area contributed by atoms with Gasteiger partial charge in [0, 0.05) is 12.2 Å². The molecule has 2 rings (SSSR count). The molecule has 0 saturated carbocycles. The minimum absolute atomic E-state index is 0. The van der Waals surface area contributed by atoms with Crippen LogP contribution in [-0.2, 0) is 11.3 Å². The third-order valence-corrected chi connectivity index (χ3v) is 3.47. The number of benzene rings is 2. The highest BCUT2D eigenvalue weighted by Crippen LogP contribution is 2.18. The zero-order valence-corrected chi connectivity index (χ0v) is 13.8. The topological polar surface area (TPSA) is 41.1 Å². The SMILES string of the molecule is CCNCc1cccc(NC(=O)C(C)c2ccccc2)c1.Cl. The summed E-state index contributed by atoms with van der Waals surface area (Å²) in [5.41, 5.74) is 3.04. The van der Waals surface area contributed by atoms with Gasteiger partial charge in [0.1, 0.15) is 0 Å². The van der Waals surface area contributed by atoms with Gasteiger partial charge in [-0.05, 0) is 36.7 Å². The molecule has 1 unspecified atom stereocenters. The van der Waals surface area contributed by atoms with E-state index in [9.17, 15) is 4.79 Å². The van der Waals surface area contributed by atoms with Gasteiger partial charge < -0.3 is 10.6 Å². The molecule has 0 aliphatic heterocycles. The van der Waals surface area contributed by atoms with Crippen molar-refractivity contribution < 1.29 is 4.79 Å². The Morgan fingerprint density at radius 1 is 1.09 bits per heavy atom. The van der Waals surface area contributed by atoms with Crippen LogP contribution in [0.4, 0.5) is 5.69 Å².